The standard InChI is InChI=1S/C25H26F2N4O/c1-30(2)25-28-15-21(20-7-3-4-8-22(20)27)24(29-25)18-6-5-13-31(16-18)23(32)14-17-9-11-19(26)12-10-17/h3-4,7-12,15,18H,5-6,13-14,16H2,1-2H3/t18-/m0/s1. The summed E-state index contributed by atoms with van der Waals surface area (Å²) in [5, 5.41) is 0. The molecule has 0 radical (unpaired) electrons. The molecule has 0 unspecified atom stereocenters. The summed E-state index contributed by atoms with van der Waals surface area (Å²) in [5.74, 6) is -0.127. The maximum atomic E-state index is 14.6. The first-order valence-electron chi connectivity index (χ1n) is 10.7. The van der Waals surface area contributed by atoms with Gasteiger partial charge < -0.3 is 9.80 Å². The van der Waals surface area contributed by atoms with Gasteiger partial charge in [-0.25, -0.2) is 18.7 Å². The van der Waals surface area contributed by atoms with Crippen molar-refractivity contribution in [2.75, 3.05) is 32.1 Å². The summed E-state index contributed by atoms with van der Waals surface area (Å²) in [4.78, 5) is 25.8. The molecule has 2 aromatic carbocycles. The van der Waals surface area contributed by atoms with Crippen LogP contribution in [0.2, 0.25) is 0 Å². The number of carbonyl (C=O) groups is 1. The first-order valence-corrected chi connectivity index (χ1v) is 10.7. The lowest BCUT2D eigenvalue weighted by Gasteiger charge is -2.33. The van der Waals surface area contributed by atoms with Crippen molar-refractivity contribution >= 4 is 11.9 Å². The molecule has 0 saturated carbocycles. The number of rotatable bonds is 5. The van der Waals surface area contributed by atoms with Crippen LogP contribution in [-0.4, -0.2) is 48.0 Å². The fourth-order valence-corrected chi connectivity index (χ4v) is 4.11. The molecule has 1 aliphatic rings. The lowest BCUT2D eigenvalue weighted by Crippen LogP contribution is -2.40. The number of carbonyl (C=O) groups excluding carboxylic acids is 1. The Balaban J connectivity index is 1.62. The van der Waals surface area contributed by atoms with Gasteiger partial charge in [-0.2, -0.15) is 0 Å². The Labute approximate surface area is 186 Å². The number of likely N-dealkylation sites (tertiary alicyclic amines) is 1. The molecule has 4 rings (SSSR count). The Bertz CT molecular complexity index is 1100. The van der Waals surface area contributed by atoms with Crippen LogP contribution < -0.4 is 4.90 Å². The maximum absolute atomic E-state index is 14.6. The van der Waals surface area contributed by atoms with Gasteiger partial charge in [-0.05, 0) is 36.6 Å². The Morgan fingerprint density at radius 2 is 1.84 bits per heavy atom. The second kappa shape index (κ2) is 9.42. The maximum Gasteiger partial charge on any atom is 0.227 e. The monoisotopic (exact) mass is 436 g/mol. The zero-order chi connectivity index (χ0) is 22.7. The highest BCUT2D eigenvalue weighted by Crippen LogP contribution is 2.35. The molecule has 1 aromatic heterocycles. The summed E-state index contributed by atoms with van der Waals surface area (Å²) in [6.45, 7) is 1.17. The van der Waals surface area contributed by atoms with E-state index < -0.39 is 0 Å². The quantitative estimate of drug-likeness (QED) is 0.594. The van der Waals surface area contributed by atoms with Crippen molar-refractivity contribution in [3.05, 3.63) is 77.6 Å². The van der Waals surface area contributed by atoms with E-state index in [1.54, 1.807) is 36.5 Å². The summed E-state index contributed by atoms with van der Waals surface area (Å²) in [6, 6.07) is 12.6. The van der Waals surface area contributed by atoms with Gasteiger partial charge in [0.1, 0.15) is 11.6 Å². The second-order valence-corrected chi connectivity index (χ2v) is 8.33. The molecule has 0 N–H and O–H groups in total. The van der Waals surface area contributed by atoms with Gasteiger partial charge in [0.15, 0.2) is 0 Å². The Morgan fingerprint density at radius 3 is 2.56 bits per heavy atom. The second-order valence-electron chi connectivity index (χ2n) is 8.33. The van der Waals surface area contributed by atoms with Gasteiger partial charge >= 0.3 is 0 Å². The number of halogens is 2. The number of piperidine rings is 1. The predicted octanol–water partition coefficient (Wildman–Crippen LogP) is 4.44. The van der Waals surface area contributed by atoms with Crippen molar-refractivity contribution < 1.29 is 13.6 Å². The van der Waals surface area contributed by atoms with Crippen LogP contribution in [0.1, 0.15) is 30.0 Å². The molecule has 32 heavy (non-hydrogen) atoms. The topological polar surface area (TPSA) is 49.3 Å². The van der Waals surface area contributed by atoms with Gasteiger partial charge in [-0.15, -0.1) is 0 Å². The van der Waals surface area contributed by atoms with Crippen LogP contribution in [0, 0.1) is 11.6 Å². The van der Waals surface area contributed by atoms with Gasteiger partial charge in [-0.1, -0.05) is 30.3 Å². The molecule has 1 fully saturated rings. The minimum Gasteiger partial charge on any atom is -0.347 e. The lowest BCUT2D eigenvalue weighted by molar-refractivity contribution is -0.131. The molecular formula is C25H26F2N4O. The number of hydrogen-bond donors (Lipinski definition) is 0. The zero-order valence-corrected chi connectivity index (χ0v) is 18.3. The van der Waals surface area contributed by atoms with E-state index in [0.717, 1.165) is 24.1 Å². The summed E-state index contributed by atoms with van der Waals surface area (Å²) in [6.07, 6.45) is 3.58. The SMILES string of the molecule is CN(C)c1ncc(-c2ccccc2F)c([C@H]2CCCN(C(=O)Cc3ccc(F)cc3)C2)n1. The van der Waals surface area contributed by atoms with E-state index in [4.69, 9.17) is 4.98 Å². The lowest BCUT2D eigenvalue weighted by atomic mass is 9.89. The number of nitrogens with zero attached hydrogens (tertiary/aromatic N) is 4. The predicted molar refractivity (Wildman–Crippen MR) is 120 cm³/mol. The molecule has 0 bridgehead atoms. The highest BCUT2D eigenvalue weighted by Gasteiger charge is 2.29. The van der Waals surface area contributed by atoms with Crippen molar-refractivity contribution in [1.82, 2.24) is 14.9 Å². The van der Waals surface area contributed by atoms with Crippen molar-refractivity contribution in [1.29, 1.82) is 0 Å². The van der Waals surface area contributed by atoms with Crippen LogP contribution in [0.4, 0.5) is 14.7 Å². The first kappa shape index (κ1) is 21.9. The molecule has 1 amide bonds. The Kier molecular flexibility index (Phi) is 6.44. The molecule has 3 aromatic rings. The van der Waals surface area contributed by atoms with Crippen LogP contribution >= 0.6 is 0 Å². The third-order valence-corrected chi connectivity index (χ3v) is 5.80. The highest BCUT2D eigenvalue weighted by atomic mass is 19.1. The summed E-state index contributed by atoms with van der Waals surface area (Å²) >= 11 is 0. The molecule has 5 nitrogen and oxygen atoms in total. The van der Waals surface area contributed by atoms with E-state index >= 15 is 0 Å². The van der Waals surface area contributed by atoms with Gasteiger partial charge in [0, 0.05) is 50.4 Å². The zero-order valence-electron chi connectivity index (χ0n) is 18.3. The number of benzene rings is 2. The number of amides is 1. The van der Waals surface area contributed by atoms with Crippen LogP contribution in [0.3, 0.4) is 0 Å². The van der Waals surface area contributed by atoms with Crippen LogP contribution in [0.15, 0.2) is 54.7 Å². The Morgan fingerprint density at radius 1 is 1.09 bits per heavy atom. The van der Waals surface area contributed by atoms with Gasteiger partial charge in [0.25, 0.3) is 0 Å². The average Bonchev–Trinajstić information content (AvgIpc) is 2.80. The normalized spacial score (nSPS) is 16.1. The largest absolute Gasteiger partial charge is 0.347 e. The number of aromatic nitrogens is 2. The molecule has 0 aliphatic carbocycles. The molecule has 0 spiro atoms. The Hall–Kier alpha value is -3.35. The average molecular weight is 437 g/mol. The van der Waals surface area contributed by atoms with Crippen molar-refractivity contribution in [3.63, 3.8) is 0 Å². The van der Waals surface area contributed by atoms with E-state index in [0.29, 0.717) is 30.2 Å². The van der Waals surface area contributed by atoms with E-state index in [2.05, 4.69) is 4.98 Å². The van der Waals surface area contributed by atoms with Crippen molar-refractivity contribution in [2.45, 2.75) is 25.2 Å². The number of anilines is 1. The van der Waals surface area contributed by atoms with Gasteiger partial charge in [-0.3, -0.25) is 4.79 Å². The first-order chi connectivity index (χ1) is 15.4. The molecule has 2 heterocycles. The van der Waals surface area contributed by atoms with E-state index in [1.807, 2.05) is 23.9 Å². The molecule has 1 saturated heterocycles. The number of hydrogen-bond acceptors (Lipinski definition) is 4. The summed E-state index contributed by atoms with van der Waals surface area (Å²) in [5.41, 5.74) is 2.66. The van der Waals surface area contributed by atoms with E-state index in [9.17, 15) is 13.6 Å². The van der Waals surface area contributed by atoms with Crippen LogP contribution in [0.25, 0.3) is 11.1 Å². The molecular weight excluding hydrogens is 410 g/mol. The smallest absolute Gasteiger partial charge is 0.227 e. The van der Waals surface area contributed by atoms with Crippen molar-refractivity contribution in [3.8, 4) is 11.1 Å². The highest BCUT2D eigenvalue weighted by molar-refractivity contribution is 5.79. The minimum atomic E-state index is -0.324. The van der Waals surface area contributed by atoms with E-state index in [-0.39, 0.29) is 29.9 Å². The molecule has 1 aliphatic heterocycles. The van der Waals surface area contributed by atoms with Crippen LogP contribution in [0.5, 0.6) is 0 Å². The fraction of sp³-hybridized carbons (Fsp3) is 0.320. The molecule has 166 valence electrons. The third-order valence-electron chi connectivity index (χ3n) is 5.80. The molecule has 7 heteroatoms. The fourth-order valence-electron chi connectivity index (χ4n) is 4.11. The summed E-state index contributed by atoms with van der Waals surface area (Å²) in [7, 11) is 3.72. The molecule has 1 atom stereocenters. The van der Waals surface area contributed by atoms with Crippen LogP contribution in [-0.2, 0) is 11.2 Å². The third kappa shape index (κ3) is 4.77. The van der Waals surface area contributed by atoms with Gasteiger partial charge in [0.2, 0.25) is 11.9 Å². The summed E-state index contributed by atoms with van der Waals surface area (Å²) < 4.78 is 27.8. The van der Waals surface area contributed by atoms with Gasteiger partial charge in [0.05, 0.1) is 12.1 Å². The van der Waals surface area contributed by atoms with Crippen molar-refractivity contribution in [2.24, 2.45) is 0 Å². The minimum absolute atomic E-state index is 0.00404. The van der Waals surface area contributed by atoms with E-state index in [1.165, 1.54) is 18.2 Å².